The molecule has 2 atom stereocenters. The maximum absolute atomic E-state index is 11.7. The highest BCUT2D eigenvalue weighted by Gasteiger charge is 2.26. The van der Waals surface area contributed by atoms with Gasteiger partial charge in [0.05, 0.1) is 11.3 Å². The van der Waals surface area contributed by atoms with Crippen LogP contribution in [0, 0.1) is 0 Å². The van der Waals surface area contributed by atoms with E-state index in [1.165, 1.54) is 6.42 Å². The van der Waals surface area contributed by atoms with Crippen molar-refractivity contribution in [2.24, 2.45) is 0 Å². The minimum absolute atomic E-state index is 0.384. The fraction of sp³-hybridized carbons (Fsp3) is 0.562. The van der Waals surface area contributed by atoms with Crippen LogP contribution in [0.3, 0.4) is 0 Å². The largest absolute Gasteiger partial charge is 0.478 e. The Morgan fingerprint density at radius 1 is 1.38 bits per heavy atom. The molecule has 5 heteroatoms. The van der Waals surface area contributed by atoms with Gasteiger partial charge in [-0.05, 0) is 44.6 Å². The molecule has 116 valence electrons. The number of carbonyl (C=O) groups is 1. The van der Waals surface area contributed by atoms with Crippen molar-refractivity contribution < 1.29 is 9.90 Å². The molecule has 1 aromatic rings. The highest BCUT2D eigenvalue weighted by atomic mass is 32.2. The maximum Gasteiger partial charge on any atom is 0.339 e. The monoisotopic (exact) mass is 308 g/mol. The van der Waals surface area contributed by atoms with E-state index in [1.54, 1.807) is 11.8 Å². The lowest BCUT2D eigenvalue weighted by atomic mass is 10.00. The van der Waals surface area contributed by atoms with Gasteiger partial charge in [0.15, 0.2) is 0 Å². The van der Waals surface area contributed by atoms with Gasteiger partial charge in [-0.25, -0.2) is 9.80 Å². The van der Waals surface area contributed by atoms with Gasteiger partial charge in [0.25, 0.3) is 0 Å². The summed E-state index contributed by atoms with van der Waals surface area (Å²) in [5.41, 5.74) is 4.45. The summed E-state index contributed by atoms with van der Waals surface area (Å²) in [5.74, 6) is -0.00774. The summed E-state index contributed by atoms with van der Waals surface area (Å²) in [6.45, 7) is 6.41. The van der Waals surface area contributed by atoms with Gasteiger partial charge in [0.2, 0.25) is 0 Å². The van der Waals surface area contributed by atoms with Gasteiger partial charge in [0, 0.05) is 17.0 Å². The van der Waals surface area contributed by atoms with Crippen LogP contribution in [-0.2, 0) is 0 Å². The number of piperidine rings is 1. The van der Waals surface area contributed by atoms with E-state index in [0.29, 0.717) is 23.3 Å². The molecule has 0 saturated carbocycles. The number of rotatable bonds is 5. The molecule has 1 heterocycles. The van der Waals surface area contributed by atoms with Crippen LogP contribution in [0.1, 0.15) is 50.4 Å². The van der Waals surface area contributed by atoms with Crippen LogP contribution in [0.2, 0.25) is 0 Å². The first-order chi connectivity index (χ1) is 10.0. The van der Waals surface area contributed by atoms with Crippen LogP contribution >= 0.6 is 11.8 Å². The smallest absolute Gasteiger partial charge is 0.339 e. The maximum atomic E-state index is 11.7. The van der Waals surface area contributed by atoms with Gasteiger partial charge in [-0.15, -0.1) is 11.8 Å². The summed E-state index contributed by atoms with van der Waals surface area (Å²) in [4.78, 5) is 12.5. The highest BCUT2D eigenvalue weighted by molar-refractivity contribution is 7.99. The van der Waals surface area contributed by atoms with Crippen molar-refractivity contribution in [3.8, 4) is 0 Å². The van der Waals surface area contributed by atoms with Crippen molar-refractivity contribution in [1.29, 1.82) is 0 Å². The average Bonchev–Trinajstić information content (AvgIpc) is 2.43. The first-order valence-electron chi connectivity index (χ1n) is 7.58. The van der Waals surface area contributed by atoms with E-state index in [-0.39, 0.29) is 0 Å². The third-order valence-corrected chi connectivity index (χ3v) is 4.92. The van der Waals surface area contributed by atoms with Crippen molar-refractivity contribution in [2.75, 3.05) is 11.2 Å². The quantitative estimate of drug-likeness (QED) is 0.803. The zero-order valence-corrected chi connectivity index (χ0v) is 13.7. The molecule has 0 amide bonds. The van der Waals surface area contributed by atoms with Crippen LogP contribution < -0.4 is 5.43 Å². The number of carboxylic acid groups (broad SMARTS) is 1. The molecule has 0 spiro atoms. The molecule has 2 unspecified atom stereocenters. The number of aromatic carboxylic acids is 1. The van der Waals surface area contributed by atoms with Crippen LogP contribution in [0.25, 0.3) is 0 Å². The number of benzene rings is 1. The molecule has 4 nitrogen and oxygen atoms in total. The molecule has 2 N–H and O–H groups in total. The Kier molecular flexibility index (Phi) is 5.53. The molecule has 0 radical (unpaired) electrons. The average molecular weight is 308 g/mol. The second kappa shape index (κ2) is 7.18. The lowest BCUT2D eigenvalue weighted by Gasteiger charge is -2.39. The molecular formula is C16H24N2O2S. The Morgan fingerprint density at radius 2 is 2.05 bits per heavy atom. The van der Waals surface area contributed by atoms with Crippen LogP contribution in [0.15, 0.2) is 23.1 Å². The highest BCUT2D eigenvalue weighted by Crippen LogP contribution is 2.31. The summed E-state index contributed by atoms with van der Waals surface area (Å²) < 4.78 is 0. The number of hydrazine groups is 1. The number of carboxylic acids is 1. The molecule has 1 aromatic carbocycles. The SMILES string of the molecule is CCSc1cccc(NN2C(C)CCCC2C)c1C(=O)O. The van der Waals surface area contributed by atoms with Gasteiger partial charge < -0.3 is 10.5 Å². The molecule has 1 fully saturated rings. The Balaban J connectivity index is 2.30. The summed E-state index contributed by atoms with van der Waals surface area (Å²) in [7, 11) is 0. The first-order valence-corrected chi connectivity index (χ1v) is 8.57. The summed E-state index contributed by atoms with van der Waals surface area (Å²) in [6, 6.07) is 6.49. The zero-order valence-electron chi connectivity index (χ0n) is 12.9. The Hall–Kier alpha value is -1.20. The van der Waals surface area contributed by atoms with E-state index < -0.39 is 5.97 Å². The van der Waals surface area contributed by atoms with Crippen LogP contribution in [0.4, 0.5) is 5.69 Å². The van der Waals surface area contributed by atoms with Gasteiger partial charge in [-0.2, -0.15) is 0 Å². The summed E-state index contributed by atoms with van der Waals surface area (Å²) >= 11 is 1.57. The van der Waals surface area contributed by atoms with Gasteiger partial charge in [0.1, 0.15) is 0 Å². The lowest BCUT2D eigenvalue weighted by molar-refractivity contribution is 0.0692. The van der Waals surface area contributed by atoms with Crippen molar-refractivity contribution in [2.45, 2.75) is 57.0 Å². The van der Waals surface area contributed by atoms with Crippen LogP contribution in [0.5, 0.6) is 0 Å². The second-order valence-electron chi connectivity index (χ2n) is 5.56. The Bertz CT molecular complexity index is 497. The predicted octanol–water partition coefficient (Wildman–Crippen LogP) is 4.09. The molecule has 2 rings (SSSR count). The molecule has 1 saturated heterocycles. The van der Waals surface area contributed by atoms with Gasteiger partial charge in [-0.1, -0.05) is 19.4 Å². The van der Waals surface area contributed by atoms with E-state index >= 15 is 0 Å². The summed E-state index contributed by atoms with van der Waals surface area (Å²) in [6.07, 6.45) is 3.52. The van der Waals surface area contributed by atoms with Crippen LogP contribution in [-0.4, -0.2) is 33.9 Å². The van der Waals surface area contributed by atoms with Crippen molar-refractivity contribution in [1.82, 2.24) is 5.01 Å². The van der Waals surface area contributed by atoms with E-state index in [9.17, 15) is 9.90 Å². The Labute approximate surface area is 130 Å². The van der Waals surface area contributed by atoms with E-state index in [1.807, 2.05) is 25.1 Å². The number of anilines is 1. The number of nitrogens with one attached hydrogen (secondary N) is 1. The molecule has 0 bridgehead atoms. The first kappa shape index (κ1) is 16.2. The van der Waals surface area contributed by atoms with Crippen molar-refractivity contribution in [3.05, 3.63) is 23.8 Å². The van der Waals surface area contributed by atoms with Crippen molar-refractivity contribution in [3.63, 3.8) is 0 Å². The predicted molar refractivity (Wildman–Crippen MR) is 88.0 cm³/mol. The lowest BCUT2D eigenvalue weighted by Crippen LogP contribution is -2.47. The van der Waals surface area contributed by atoms with Gasteiger partial charge >= 0.3 is 5.97 Å². The number of hydrogen-bond donors (Lipinski definition) is 2. The molecule has 0 aromatic heterocycles. The standard InChI is InChI=1S/C16H24N2O2S/c1-4-21-14-10-6-9-13(15(14)16(19)20)17-18-11(2)7-5-8-12(18)3/h6,9-12,17H,4-5,7-8H2,1-3H3,(H,19,20). The number of hydrogen-bond acceptors (Lipinski definition) is 4. The molecule has 0 aliphatic carbocycles. The fourth-order valence-electron chi connectivity index (χ4n) is 2.90. The zero-order chi connectivity index (χ0) is 15.4. The Morgan fingerprint density at radius 3 is 2.62 bits per heavy atom. The molecule has 1 aliphatic heterocycles. The van der Waals surface area contributed by atoms with Gasteiger partial charge in [-0.3, -0.25) is 0 Å². The third-order valence-electron chi connectivity index (χ3n) is 3.98. The number of thioether (sulfide) groups is 1. The molecule has 1 aliphatic rings. The molecule has 21 heavy (non-hydrogen) atoms. The van der Waals surface area contributed by atoms with E-state index in [0.717, 1.165) is 23.5 Å². The third kappa shape index (κ3) is 3.71. The number of nitrogens with zero attached hydrogens (tertiary/aromatic N) is 1. The fourth-order valence-corrected chi connectivity index (χ4v) is 3.73. The van der Waals surface area contributed by atoms with E-state index in [2.05, 4.69) is 24.3 Å². The minimum Gasteiger partial charge on any atom is -0.478 e. The summed E-state index contributed by atoms with van der Waals surface area (Å²) in [5, 5.41) is 11.8. The minimum atomic E-state index is -0.869. The normalized spacial score (nSPS) is 23.0. The topological polar surface area (TPSA) is 52.6 Å². The van der Waals surface area contributed by atoms with E-state index in [4.69, 9.17) is 0 Å². The molecular weight excluding hydrogens is 284 g/mol. The van der Waals surface area contributed by atoms with Crippen molar-refractivity contribution >= 4 is 23.4 Å². The second-order valence-corrected chi connectivity index (χ2v) is 6.87.